The number of allylic oxidation sites excluding steroid dienone is 32. The lowest BCUT2D eigenvalue weighted by molar-refractivity contribution is -0.167. The van der Waals surface area contributed by atoms with Crippen molar-refractivity contribution in [3.8, 4) is 0 Å². The Labute approximate surface area is 509 Å². The highest BCUT2D eigenvalue weighted by atomic mass is 16.6. The standard InChI is InChI=1S/C77H118O6/c1-4-7-10-13-16-19-22-25-28-31-34-37-38-41-43-46-49-52-55-58-61-64-67-70-76(79)82-73-74(83-77(80)71-68-65-62-59-56-53-50-47-44-40-36-33-30-27-24-21-18-15-12-9-6-3)72-81-75(78)69-66-63-60-57-54-51-48-45-42-39-35-32-29-26-23-20-17-14-11-8-5-2/h7,9-10,12,16,18-19,21,23,25-28,30,32,34-37,40-43,45,47,49-50,52,56,58-59,61,74H,4-6,8,11,13-15,17,20,22,24,29,31,33,38-39,44,46,48,51,53-55,57,60,62-73H2,1-3H3/b10-7-,12-9-,19-16-,21-18-,26-23-,28-25-,30-27-,35-32-,37-34-,40-36-,43-41-,45-42-,50-47-,52-49-,59-56-,61-58-. The third kappa shape index (κ3) is 66.9. The van der Waals surface area contributed by atoms with Crippen LogP contribution in [0.25, 0.3) is 0 Å². The number of carbonyl (C=O) groups excluding carboxylic acids is 3. The van der Waals surface area contributed by atoms with Crippen molar-refractivity contribution in [3.05, 3.63) is 194 Å². The molecule has 0 aromatic heterocycles. The highest BCUT2D eigenvalue weighted by molar-refractivity contribution is 5.71. The first-order chi connectivity index (χ1) is 41.0. The summed E-state index contributed by atoms with van der Waals surface area (Å²) in [6.07, 6.45) is 104. The first kappa shape index (κ1) is 77.2. The van der Waals surface area contributed by atoms with Gasteiger partial charge in [-0.05, 0) is 161 Å². The van der Waals surface area contributed by atoms with Gasteiger partial charge in [-0.1, -0.05) is 267 Å². The summed E-state index contributed by atoms with van der Waals surface area (Å²) in [5.74, 6) is -1.06. The zero-order valence-electron chi connectivity index (χ0n) is 52.9. The molecule has 1 unspecified atom stereocenters. The molecule has 6 heteroatoms. The van der Waals surface area contributed by atoms with Gasteiger partial charge in [0.2, 0.25) is 0 Å². The van der Waals surface area contributed by atoms with Gasteiger partial charge in [0.25, 0.3) is 0 Å². The molecule has 462 valence electrons. The highest BCUT2D eigenvalue weighted by Crippen LogP contribution is 2.12. The number of hydrogen-bond acceptors (Lipinski definition) is 6. The second-order valence-electron chi connectivity index (χ2n) is 20.9. The summed E-state index contributed by atoms with van der Waals surface area (Å²) in [4.78, 5) is 38.4. The summed E-state index contributed by atoms with van der Waals surface area (Å²) in [5.41, 5.74) is 0. The maximum atomic E-state index is 12.9. The van der Waals surface area contributed by atoms with Gasteiger partial charge < -0.3 is 14.2 Å². The topological polar surface area (TPSA) is 78.9 Å². The molecule has 0 fully saturated rings. The molecule has 0 spiro atoms. The summed E-state index contributed by atoms with van der Waals surface area (Å²) in [5, 5.41) is 0. The van der Waals surface area contributed by atoms with Crippen LogP contribution in [0, 0.1) is 0 Å². The largest absolute Gasteiger partial charge is 0.462 e. The van der Waals surface area contributed by atoms with Gasteiger partial charge >= 0.3 is 17.9 Å². The molecule has 0 aliphatic rings. The fourth-order valence-electron chi connectivity index (χ4n) is 8.21. The van der Waals surface area contributed by atoms with Gasteiger partial charge in [-0.2, -0.15) is 0 Å². The van der Waals surface area contributed by atoms with Crippen LogP contribution >= 0.6 is 0 Å². The number of carbonyl (C=O) groups is 3. The van der Waals surface area contributed by atoms with E-state index in [4.69, 9.17) is 14.2 Å². The van der Waals surface area contributed by atoms with Crippen molar-refractivity contribution >= 4 is 17.9 Å². The Morgan fingerprint density at radius 3 is 0.807 bits per heavy atom. The van der Waals surface area contributed by atoms with Gasteiger partial charge in [-0.15, -0.1) is 0 Å². The number of rotatable bonds is 57. The molecule has 0 bridgehead atoms. The van der Waals surface area contributed by atoms with Gasteiger partial charge in [-0.25, -0.2) is 0 Å². The quantitative estimate of drug-likeness (QED) is 0.0261. The van der Waals surface area contributed by atoms with E-state index < -0.39 is 6.10 Å². The molecular weight excluding hydrogens is 1020 g/mol. The van der Waals surface area contributed by atoms with E-state index in [0.29, 0.717) is 19.3 Å². The summed E-state index contributed by atoms with van der Waals surface area (Å²) in [6.45, 7) is 6.30. The molecule has 0 rings (SSSR count). The highest BCUT2D eigenvalue weighted by Gasteiger charge is 2.19. The number of hydrogen-bond donors (Lipinski definition) is 0. The van der Waals surface area contributed by atoms with Crippen molar-refractivity contribution in [2.24, 2.45) is 0 Å². The normalized spacial score (nSPS) is 13.4. The second-order valence-corrected chi connectivity index (χ2v) is 20.9. The average Bonchev–Trinajstić information content (AvgIpc) is 3.49. The molecule has 83 heavy (non-hydrogen) atoms. The third-order valence-corrected chi connectivity index (χ3v) is 13.1. The van der Waals surface area contributed by atoms with Crippen LogP contribution in [-0.2, 0) is 28.6 Å². The van der Waals surface area contributed by atoms with Crippen LogP contribution in [0.3, 0.4) is 0 Å². The fraction of sp³-hybridized carbons (Fsp3) is 0.545. The molecule has 0 amide bonds. The maximum Gasteiger partial charge on any atom is 0.306 e. The number of unbranched alkanes of at least 4 members (excludes halogenated alkanes) is 14. The lowest BCUT2D eigenvalue weighted by atomic mass is 10.1. The van der Waals surface area contributed by atoms with E-state index in [1.165, 1.54) is 51.4 Å². The molecule has 0 aliphatic carbocycles. The molecule has 0 saturated heterocycles. The zero-order chi connectivity index (χ0) is 59.9. The molecular formula is C77H118O6. The first-order valence-corrected chi connectivity index (χ1v) is 32.9. The van der Waals surface area contributed by atoms with Crippen LogP contribution in [0.2, 0.25) is 0 Å². The Morgan fingerprint density at radius 1 is 0.253 bits per heavy atom. The van der Waals surface area contributed by atoms with Crippen LogP contribution in [0.1, 0.15) is 252 Å². The van der Waals surface area contributed by atoms with Gasteiger partial charge in [0, 0.05) is 19.3 Å². The predicted molar refractivity (Wildman–Crippen MR) is 361 cm³/mol. The minimum absolute atomic E-state index is 0.132. The number of esters is 3. The fourth-order valence-corrected chi connectivity index (χ4v) is 8.21. The molecule has 0 radical (unpaired) electrons. The molecule has 0 heterocycles. The van der Waals surface area contributed by atoms with E-state index in [0.717, 1.165) is 148 Å². The van der Waals surface area contributed by atoms with Crippen molar-refractivity contribution in [1.29, 1.82) is 0 Å². The smallest absolute Gasteiger partial charge is 0.306 e. The predicted octanol–water partition coefficient (Wildman–Crippen LogP) is 23.0. The van der Waals surface area contributed by atoms with Crippen molar-refractivity contribution in [2.75, 3.05) is 13.2 Å². The molecule has 6 nitrogen and oxygen atoms in total. The SMILES string of the molecule is CC/C=C\C/C=C\C/C=C\C/C=C\C/C=C\C/C=C\C/C=C\CCCC(=O)OCC(COC(=O)CCCCCCCC/C=C\C/C=C\C/C=C\CCCCCCC)OC(=O)CCCC/C=C\C/C=C\C/C=C\C/C=C\C/C=C\C/C=C\CC. The lowest BCUT2D eigenvalue weighted by Crippen LogP contribution is -2.30. The van der Waals surface area contributed by atoms with Crippen molar-refractivity contribution in [3.63, 3.8) is 0 Å². The molecule has 0 aromatic carbocycles. The van der Waals surface area contributed by atoms with Crippen LogP contribution in [-0.4, -0.2) is 37.2 Å². The number of ether oxygens (including phenoxy) is 3. The summed E-state index contributed by atoms with van der Waals surface area (Å²) in [7, 11) is 0. The summed E-state index contributed by atoms with van der Waals surface area (Å²) in [6, 6.07) is 0. The third-order valence-electron chi connectivity index (χ3n) is 13.1. The average molecular weight is 1140 g/mol. The Hall–Kier alpha value is -5.75. The van der Waals surface area contributed by atoms with Crippen molar-refractivity contribution in [2.45, 2.75) is 258 Å². The molecule has 1 atom stereocenters. The van der Waals surface area contributed by atoms with Crippen LogP contribution in [0.15, 0.2) is 194 Å². The van der Waals surface area contributed by atoms with Gasteiger partial charge in [-0.3, -0.25) is 14.4 Å². The Balaban J connectivity index is 4.64. The zero-order valence-corrected chi connectivity index (χ0v) is 52.9. The summed E-state index contributed by atoms with van der Waals surface area (Å²) < 4.78 is 16.8. The van der Waals surface area contributed by atoms with Crippen molar-refractivity contribution < 1.29 is 28.6 Å². The van der Waals surface area contributed by atoms with E-state index in [1.54, 1.807) is 0 Å². The maximum absolute atomic E-state index is 12.9. The minimum Gasteiger partial charge on any atom is -0.462 e. The van der Waals surface area contributed by atoms with Crippen molar-refractivity contribution in [1.82, 2.24) is 0 Å². The van der Waals surface area contributed by atoms with Gasteiger partial charge in [0.05, 0.1) is 0 Å². The van der Waals surface area contributed by atoms with E-state index in [-0.39, 0.29) is 44.0 Å². The van der Waals surface area contributed by atoms with E-state index in [9.17, 15) is 14.4 Å². The molecule has 0 saturated carbocycles. The van der Waals surface area contributed by atoms with Gasteiger partial charge in [0.1, 0.15) is 13.2 Å². The Kier molecular flexibility index (Phi) is 64.0. The summed E-state index contributed by atoms with van der Waals surface area (Å²) >= 11 is 0. The minimum atomic E-state index is -0.845. The van der Waals surface area contributed by atoms with E-state index in [2.05, 4.69) is 215 Å². The van der Waals surface area contributed by atoms with E-state index >= 15 is 0 Å². The van der Waals surface area contributed by atoms with Gasteiger partial charge in [0.15, 0.2) is 6.10 Å². The Bertz CT molecular complexity index is 1990. The Morgan fingerprint density at radius 2 is 0.482 bits per heavy atom. The lowest BCUT2D eigenvalue weighted by Gasteiger charge is -2.18. The van der Waals surface area contributed by atoms with E-state index in [1.807, 2.05) is 0 Å². The molecule has 0 aliphatic heterocycles. The van der Waals surface area contributed by atoms with Crippen LogP contribution < -0.4 is 0 Å². The first-order valence-electron chi connectivity index (χ1n) is 32.9. The van der Waals surface area contributed by atoms with Crippen LogP contribution in [0.4, 0.5) is 0 Å². The molecule has 0 N–H and O–H groups in total. The monoisotopic (exact) mass is 1140 g/mol. The molecule has 0 aromatic rings. The second kappa shape index (κ2) is 68.7. The van der Waals surface area contributed by atoms with Crippen LogP contribution in [0.5, 0.6) is 0 Å².